The van der Waals surface area contributed by atoms with E-state index in [9.17, 15) is 18.0 Å². The molecule has 192 valence electrons. The Kier molecular flexibility index (Phi) is 7.14. The fraction of sp³-hybridized carbons (Fsp3) is 0.261. The Labute approximate surface area is 218 Å². The summed E-state index contributed by atoms with van der Waals surface area (Å²) in [4.78, 5) is 21.8. The number of nitrogens with one attached hydrogen (secondary N) is 1. The van der Waals surface area contributed by atoms with Crippen molar-refractivity contribution in [3.8, 4) is 6.19 Å². The predicted octanol–water partition coefficient (Wildman–Crippen LogP) is 5.20. The van der Waals surface area contributed by atoms with Crippen LogP contribution in [-0.2, 0) is 21.8 Å². The van der Waals surface area contributed by atoms with Crippen molar-refractivity contribution in [1.82, 2.24) is 14.8 Å². The molecule has 1 aliphatic heterocycles. The molecule has 1 N–H and O–H groups in total. The molecule has 9 nitrogen and oxygen atoms in total. The first kappa shape index (κ1) is 26.4. The molecule has 3 aromatic rings. The first-order valence-electron chi connectivity index (χ1n) is 10.5. The van der Waals surface area contributed by atoms with Crippen molar-refractivity contribution in [3.63, 3.8) is 0 Å². The minimum Gasteiger partial charge on any atom is -0.377 e. The molecule has 1 aromatic heterocycles. The highest BCUT2D eigenvalue weighted by atomic mass is 35.5. The topological polar surface area (TPSA) is 114 Å². The van der Waals surface area contributed by atoms with Gasteiger partial charge in [0.2, 0.25) is 6.19 Å². The highest BCUT2D eigenvalue weighted by molar-refractivity contribution is 6.34. The van der Waals surface area contributed by atoms with Crippen LogP contribution in [0.1, 0.15) is 39.3 Å². The fourth-order valence-electron chi connectivity index (χ4n) is 3.81. The van der Waals surface area contributed by atoms with Crippen LogP contribution < -0.4 is 5.32 Å². The van der Waals surface area contributed by atoms with Gasteiger partial charge >= 0.3 is 6.18 Å². The fourth-order valence-corrected chi connectivity index (χ4v) is 4.34. The summed E-state index contributed by atoms with van der Waals surface area (Å²) >= 11 is 11.9. The van der Waals surface area contributed by atoms with Gasteiger partial charge in [-0.25, -0.2) is 0 Å². The molecule has 0 fully saturated rings. The zero-order valence-corrected chi connectivity index (χ0v) is 20.7. The molecular formula is C23H17Cl2F3N6O3. The summed E-state index contributed by atoms with van der Waals surface area (Å²) in [7, 11) is 1.42. The van der Waals surface area contributed by atoms with Gasteiger partial charge in [-0.15, -0.1) is 9.78 Å². The van der Waals surface area contributed by atoms with Crippen LogP contribution in [0.2, 0.25) is 10.0 Å². The molecule has 1 aliphatic rings. The number of carbonyl (C=O) groups excluding carboxylic acids is 1. The number of benzene rings is 2. The Morgan fingerprint density at radius 1 is 1.27 bits per heavy atom. The summed E-state index contributed by atoms with van der Waals surface area (Å²) in [5.74, 6) is -0.488. The van der Waals surface area contributed by atoms with Crippen molar-refractivity contribution < 1.29 is 27.5 Å². The van der Waals surface area contributed by atoms with Crippen LogP contribution in [0.25, 0.3) is 0 Å². The van der Waals surface area contributed by atoms with Crippen molar-refractivity contribution in [2.45, 2.75) is 31.7 Å². The number of amides is 1. The van der Waals surface area contributed by atoms with E-state index in [-0.39, 0.29) is 45.3 Å². The standard InChI is InChI=1S/C23H17Cl2F3N6O3/c1-12-5-13(3-4-17(12)20(35)31-21-30-19(10-36-2)34(11-29)32-21)18-9-22(37-33-18,23(26,27)28)14-6-15(24)8-16(25)7-14/h3-8H,9-10H2,1-2H3,(H,31,32,35). The quantitative estimate of drug-likeness (QED) is 0.449. The number of rotatable bonds is 6. The predicted molar refractivity (Wildman–Crippen MR) is 127 cm³/mol. The molecule has 0 aliphatic carbocycles. The van der Waals surface area contributed by atoms with E-state index in [4.69, 9.17) is 38.0 Å². The van der Waals surface area contributed by atoms with Gasteiger partial charge in [-0.05, 0) is 48.4 Å². The molecule has 37 heavy (non-hydrogen) atoms. The maximum absolute atomic E-state index is 14.2. The van der Waals surface area contributed by atoms with Crippen LogP contribution in [0.5, 0.6) is 0 Å². The van der Waals surface area contributed by atoms with E-state index >= 15 is 0 Å². The third kappa shape index (κ3) is 5.11. The van der Waals surface area contributed by atoms with Crippen molar-refractivity contribution >= 4 is 40.8 Å². The molecule has 1 amide bonds. The molecule has 1 unspecified atom stereocenters. The van der Waals surface area contributed by atoms with E-state index in [0.717, 1.165) is 16.8 Å². The molecule has 4 rings (SSSR count). The summed E-state index contributed by atoms with van der Waals surface area (Å²) in [5, 5.41) is 19.3. The van der Waals surface area contributed by atoms with Gasteiger partial charge in [0.1, 0.15) is 6.61 Å². The average Bonchev–Trinajstić information content (AvgIpc) is 3.43. The van der Waals surface area contributed by atoms with E-state index in [0.29, 0.717) is 11.1 Å². The number of aromatic nitrogens is 3. The number of ether oxygens (including phenoxy) is 1. The number of hydrogen-bond acceptors (Lipinski definition) is 7. The lowest BCUT2D eigenvalue weighted by molar-refractivity contribution is -0.275. The number of nitriles is 1. The van der Waals surface area contributed by atoms with E-state index in [1.807, 2.05) is 0 Å². The molecular weight excluding hydrogens is 536 g/mol. The third-order valence-electron chi connectivity index (χ3n) is 5.59. The number of halogens is 5. The van der Waals surface area contributed by atoms with Gasteiger partial charge in [0.05, 0.1) is 5.71 Å². The van der Waals surface area contributed by atoms with Crippen LogP contribution in [0.4, 0.5) is 19.1 Å². The molecule has 2 aromatic carbocycles. The highest BCUT2D eigenvalue weighted by Gasteiger charge is 2.62. The van der Waals surface area contributed by atoms with E-state index in [1.54, 1.807) is 13.1 Å². The largest absolute Gasteiger partial charge is 0.435 e. The number of aryl methyl sites for hydroxylation is 1. The Hall–Kier alpha value is -3.66. The summed E-state index contributed by atoms with van der Waals surface area (Å²) in [6, 6.07) is 8.00. The Morgan fingerprint density at radius 3 is 2.57 bits per heavy atom. The van der Waals surface area contributed by atoms with Crippen LogP contribution in [0.15, 0.2) is 41.6 Å². The van der Waals surface area contributed by atoms with Crippen molar-refractivity contribution in [1.29, 1.82) is 5.26 Å². The van der Waals surface area contributed by atoms with Crippen LogP contribution in [0.3, 0.4) is 0 Å². The Balaban J connectivity index is 1.57. The number of carbonyl (C=O) groups is 1. The number of methoxy groups -OCH3 is 1. The van der Waals surface area contributed by atoms with Gasteiger partial charge in [0.25, 0.3) is 17.5 Å². The molecule has 0 bridgehead atoms. The van der Waals surface area contributed by atoms with Gasteiger partial charge < -0.3 is 9.57 Å². The van der Waals surface area contributed by atoms with Gasteiger partial charge in [-0.2, -0.15) is 23.4 Å². The molecule has 2 heterocycles. The molecule has 1 atom stereocenters. The molecule has 14 heteroatoms. The Bertz CT molecular complexity index is 1430. The molecule has 0 saturated heterocycles. The van der Waals surface area contributed by atoms with E-state index < -0.39 is 24.1 Å². The van der Waals surface area contributed by atoms with Crippen molar-refractivity contribution in [2.75, 3.05) is 12.4 Å². The van der Waals surface area contributed by atoms with Crippen LogP contribution in [0, 0.1) is 18.4 Å². The molecule has 0 radical (unpaired) electrons. The zero-order valence-electron chi connectivity index (χ0n) is 19.2. The van der Waals surface area contributed by atoms with Crippen LogP contribution in [-0.4, -0.2) is 39.7 Å². The number of hydrogen-bond donors (Lipinski definition) is 1. The smallest absolute Gasteiger partial charge is 0.377 e. The molecule has 0 spiro atoms. The second-order valence-corrected chi connectivity index (χ2v) is 8.94. The first-order valence-corrected chi connectivity index (χ1v) is 11.3. The van der Waals surface area contributed by atoms with Gasteiger partial charge in [0.15, 0.2) is 5.82 Å². The Morgan fingerprint density at radius 2 is 1.97 bits per heavy atom. The van der Waals surface area contributed by atoms with Crippen molar-refractivity contribution in [3.05, 3.63) is 74.5 Å². The lowest BCUT2D eigenvalue weighted by Crippen LogP contribution is -2.42. The van der Waals surface area contributed by atoms with Crippen LogP contribution >= 0.6 is 23.2 Å². The second-order valence-electron chi connectivity index (χ2n) is 8.07. The van der Waals surface area contributed by atoms with E-state index in [2.05, 4.69) is 20.6 Å². The lowest BCUT2D eigenvalue weighted by atomic mass is 9.86. The normalized spacial score (nSPS) is 17.2. The van der Waals surface area contributed by atoms with Gasteiger partial charge in [-0.1, -0.05) is 34.4 Å². The molecule has 0 saturated carbocycles. The minimum atomic E-state index is -4.83. The highest BCUT2D eigenvalue weighted by Crippen LogP contribution is 2.49. The minimum absolute atomic E-state index is 0.00907. The summed E-state index contributed by atoms with van der Waals surface area (Å²) in [6.45, 7) is 1.62. The third-order valence-corrected chi connectivity index (χ3v) is 6.02. The van der Waals surface area contributed by atoms with E-state index in [1.165, 1.54) is 31.4 Å². The summed E-state index contributed by atoms with van der Waals surface area (Å²) in [5.41, 5.74) is -2.02. The number of anilines is 1. The average molecular weight is 553 g/mol. The zero-order chi connectivity index (χ0) is 27.0. The summed E-state index contributed by atoms with van der Waals surface area (Å²) in [6.07, 6.45) is -3.67. The number of nitrogens with zero attached hydrogens (tertiary/aromatic N) is 5. The summed E-state index contributed by atoms with van der Waals surface area (Å²) < 4.78 is 48.6. The maximum atomic E-state index is 14.2. The number of oxime groups is 1. The second kappa shape index (κ2) is 10.0. The first-order chi connectivity index (χ1) is 17.5. The SMILES string of the molecule is COCc1nc(NC(=O)c2ccc(C3=NOC(c4cc(Cl)cc(Cl)c4)(C(F)(F)F)C3)cc2C)nn1C#N. The van der Waals surface area contributed by atoms with Crippen molar-refractivity contribution in [2.24, 2.45) is 5.16 Å². The monoisotopic (exact) mass is 552 g/mol. The van der Waals surface area contributed by atoms with Gasteiger partial charge in [0, 0.05) is 34.7 Å². The van der Waals surface area contributed by atoms with Gasteiger partial charge in [-0.3, -0.25) is 10.1 Å². The lowest BCUT2D eigenvalue weighted by Gasteiger charge is -2.29. The maximum Gasteiger partial charge on any atom is 0.435 e. The number of alkyl halides is 3.